The number of ether oxygens (including phenoxy) is 1. The molecule has 2 aliphatic heterocycles. The van der Waals surface area contributed by atoms with Crippen LogP contribution >= 0.6 is 11.6 Å². The number of pyridine rings is 1. The molecule has 0 saturated carbocycles. The fraction of sp³-hybridized carbons (Fsp3) is 0.370. The van der Waals surface area contributed by atoms with E-state index in [1.54, 1.807) is 66.7 Å². The van der Waals surface area contributed by atoms with Crippen molar-refractivity contribution in [1.29, 1.82) is 0 Å². The van der Waals surface area contributed by atoms with Crippen molar-refractivity contribution in [3.05, 3.63) is 71.5 Å². The number of halogens is 1. The number of amides is 2. The van der Waals surface area contributed by atoms with Gasteiger partial charge in [-0.15, -0.1) is 0 Å². The summed E-state index contributed by atoms with van der Waals surface area (Å²) in [6, 6.07) is 12.0. The molecule has 11 heteroatoms. The zero-order valence-electron chi connectivity index (χ0n) is 21.0. The summed E-state index contributed by atoms with van der Waals surface area (Å²) in [5.41, 5.74) is 0.660. The minimum absolute atomic E-state index is 0.0230. The lowest BCUT2D eigenvalue weighted by molar-refractivity contribution is -0.146. The monoisotopic (exact) mass is 556 g/mol. The Bertz CT molecular complexity index is 1450. The molecule has 38 heavy (non-hydrogen) atoms. The van der Waals surface area contributed by atoms with Gasteiger partial charge in [-0.2, -0.15) is 4.31 Å². The molecule has 0 bridgehead atoms. The van der Waals surface area contributed by atoms with Crippen LogP contribution in [0.2, 0.25) is 5.02 Å². The van der Waals surface area contributed by atoms with Gasteiger partial charge in [0.1, 0.15) is 12.1 Å². The minimum Gasteiger partial charge on any atom is -0.378 e. The van der Waals surface area contributed by atoms with E-state index < -0.39 is 22.1 Å². The third-order valence-electron chi connectivity index (χ3n) is 7.15. The van der Waals surface area contributed by atoms with E-state index in [-0.39, 0.29) is 36.2 Å². The van der Waals surface area contributed by atoms with E-state index in [2.05, 4.69) is 4.98 Å². The molecule has 3 heterocycles. The lowest BCUT2D eigenvalue weighted by atomic mass is 10.1. The first kappa shape index (κ1) is 26.6. The summed E-state index contributed by atoms with van der Waals surface area (Å²) in [7, 11) is -4.09. The quantitative estimate of drug-likeness (QED) is 0.444. The van der Waals surface area contributed by atoms with E-state index in [0.29, 0.717) is 36.9 Å². The molecule has 2 atom stereocenters. The van der Waals surface area contributed by atoms with Gasteiger partial charge < -0.3 is 14.5 Å². The first-order valence-corrected chi connectivity index (χ1v) is 14.3. The number of benzene rings is 2. The molecule has 2 amide bonds. The van der Waals surface area contributed by atoms with Crippen LogP contribution in [0.15, 0.2) is 65.8 Å². The number of hydrogen-bond acceptors (Lipinski definition) is 6. The predicted molar refractivity (Wildman–Crippen MR) is 143 cm³/mol. The Balaban J connectivity index is 1.46. The first-order valence-electron chi connectivity index (χ1n) is 12.5. The van der Waals surface area contributed by atoms with Crippen LogP contribution in [0.5, 0.6) is 0 Å². The van der Waals surface area contributed by atoms with Crippen LogP contribution < -0.4 is 0 Å². The number of rotatable bonds is 7. The maximum Gasteiger partial charge on any atom is 0.245 e. The van der Waals surface area contributed by atoms with Gasteiger partial charge in [0.15, 0.2) is 0 Å². The zero-order chi connectivity index (χ0) is 26.9. The molecule has 2 aliphatic rings. The van der Waals surface area contributed by atoms with E-state index in [1.807, 2.05) is 0 Å². The summed E-state index contributed by atoms with van der Waals surface area (Å²) in [5.74, 6) is -0.531. The molecule has 2 aromatic carbocycles. The van der Waals surface area contributed by atoms with E-state index in [0.717, 1.165) is 10.8 Å². The summed E-state index contributed by atoms with van der Waals surface area (Å²) in [4.78, 5) is 34.2. The van der Waals surface area contributed by atoms with Crippen molar-refractivity contribution in [2.24, 2.45) is 0 Å². The molecule has 2 fully saturated rings. The minimum atomic E-state index is -4.09. The molecule has 0 spiro atoms. The summed E-state index contributed by atoms with van der Waals surface area (Å²) in [6.07, 6.45) is 3.48. The topological polar surface area (TPSA) is 100 Å². The van der Waals surface area contributed by atoms with Gasteiger partial charge in [0.25, 0.3) is 0 Å². The Labute approximate surface area is 227 Å². The molecule has 0 unspecified atom stereocenters. The average Bonchev–Trinajstić information content (AvgIpc) is 3.32. The fourth-order valence-electron chi connectivity index (χ4n) is 5.04. The molecule has 0 aliphatic carbocycles. The Morgan fingerprint density at radius 1 is 1.13 bits per heavy atom. The molecule has 3 aromatic rings. The average molecular weight is 557 g/mol. The normalized spacial score (nSPS) is 19.3. The summed E-state index contributed by atoms with van der Waals surface area (Å²) in [6.45, 7) is 3.84. The molecule has 1 aromatic heterocycles. The van der Waals surface area contributed by atoms with Gasteiger partial charge in [-0.3, -0.25) is 14.6 Å². The number of aromatic nitrogens is 1. The van der Waals surface area contributed by atoms with Crippen LogP contribution in [0, 0.1) is 0 Å². The molecule has 200 valence electrons. The number of nitrogens with zero attached hydrogens (tertiary/aromatic N) is 4. The molecule has 5 rings (SSSR count). The van der Waals surface area contributed by atoms with Gasteiger partial charge in [0, 0.05) is 43.6 Å². The van der Waals surface area contributed by atoms with Crippen LogP contribution in [0.3, 0.4) is 0 Å². The highest BCUT2D eigenvalue weighted by Crippen LogP contribution is 2.30. The fourth-order valence-corrected chi connectivity index (χ4v) is 6.86. The van der Waals surface area contributed by atoms with Gasteiger partial charge >= 0.3 is 0 Å². The summed E-state index contributed by atoms with van der Waals surface area (Å²) >= 11 is 6.09. The highest BCUT2D eigenvalue weighted by molar-refractivity contribution is 7.89. The number of morpholine rings is 1. The van der Waals surface area contributed by atoms with Gasteiger partial charge in [0.05, 0.1) is 18.1 Å². The number of fused-ring (bicyclic) bond motifs is 1. The molecule has 0 N–H and O–H groups in total. The van der Waals surface area contributed by atoms with Crippen LogP contribution in [0.1, 0.15) is 18.9 Å². The molecule has 2 saturated heterocycles. The van der Waals surface area contributed by atoms with Crippen LogP contribution in [-0.2, 0) is 30.9 Å². The van der Waals surface area contributed by atoms with Crippen molar-refractivity contribution < 1.29 is 22.7 Å². The second kappa shape index (κ2) is 11.0. The van der Waals surface area contributed by atoms with E-state index in [9.17, 15) is 18.0 Å². The predicted octanol–water partition coefficient (Wildman–Crippen LogP) is 2.93. The lowest BCUT2D eigenvalue weighted by Crippen LogP contribution is -2.53. The van der Waals surface area contributed by atoms with Gasteiger partial charge in [-0.25, -0.2) is 8.42 Å². The van der Waals surface area contributed by atoms with Crippen LogP contribution in [0.25, 0.3) is 10.8 Å². The molecular weight excluding hydrogens is 528 g/mol. The second-order valence-corrected chi connectivity index (χ2v) is 11.8. The largest absolute Gasteiger partial charge is 0.378 e. The van der Waals surface area contributed by atoms with Crippen LogP contribution in [0.4, 0.5) is 0 Å². The van der Waals surface area contributed by atoms with Crippen molar-refractivity contribution in [1.82, 2.24) is 19.1 Å². The molecular formula is C27H29ClN4O5S. The molecule has 9 nitrogen and oxygen atoms in total. The van der Waals surface area contributed by atoms with Crippen molar-refractivity contribution in [2.75, 3.05) is 32.8 Å². The van der Waals surface area contributed by atoms with E-state index in [1.165, 1.54) is 15.3 Å². The zero-order valence-corrected chi connectivity index (χ0v) is 22.6. The number of hydrogen-bond donors (Lipinski definition) is 0. The van der Waals surface area contributed by atoms with Crippen LogP contribution in [-0.4, -0.2) is 84.3 Å². The van der Waals surface area contributed by atoms with Crippen molar-refractivity contribution in [2.45, 2.75) is 36.9 Å². The Morgan fingerprint density at radius 3 is 2.61 bits per heavy atom. The summed E-state index contributed by atoms with van der Waals surface area (Å²) in [5, 5.41) is 2.10. The maximum atomic E-state index is 14.1. The van der Waals surface area contributed by atoms with E-state index >= 15 is 0 Å². The second-order valence-electron chi connectivity index (χ2n) is 9.51. The number of carbonyl (C=O) groups excluding carboxylic acids is 2. The highest BCUT2D eigenvalue weighted by atomic mass is 35.5. The Hall–Kier alpha value is -3.05. The maximum absolute atomic E-state index is 14.1. The standard InChI is InChI=1S/C27H29ClN4O5S/c1-19(26(33)30-11-13-37-14-12-30)31-10-8-25(27(31)34)32(18-20-3-2-9-29-17-20)38(35,36)24-7-5-21-15-23(28)6-4-22(21)16-24/h2-7,9,15-17,19,25H,8,10-14,18H2,1H3/t19-,25-/m0/s1. The lowest BCUT2D eigenvalue weighted by Gasteiger charge is -2.33. The number of carbonyl (C=O) groups is 2. The van der Waals surface area contributed by atoms with Gasteiger partial charge in [-0.1, -0.05) is 29.8 Å². The number of likely N-dealkylation sites (tertiary alicyclic amines) is 1. The SMILES string of the molecule is C[C@@H](C(=O)N1CCOCC1)N1CC[C@H](N(Cc2cccnc2)S(=O)(=O)c2ccc3cc(Cl)ccc3c2)C1=O. The third kappa shape index (κ3) is 5.26. The van der Waals surface area contributed by atoms with Gasteiger partial charge in [-0.05, 0) is 60.0 Å². The number of sulfonamides is 1. The smallest absolute Gasteiger partial charge is 0.245 e. The molecule has 0 radical (unpaired) electrons. The third-order valence-corrected chi connectivity index (χ3v) is 9.23. The Kier molecular flexibility index (Phi) is 7.67. The van der Waals surface area contributed by atoms with Crippen molar-refractivity contribution in [3.63, 3.8) is 0 Å². The highest BCUT2D eigenvalue weighted by Gasteiger charge is 2.45. The van der Waals surface area contributed by atoms with Crippen molar-refractivity contribution in [3.8, 4) is 0 Å². The van der Waals surface area contributed by atoms with E-state index in [4.69, 9.17) is 16.3 Å². The Morgan fingerprint density at radius 2 is 1.87 bits per heavy atom. The van der Waals surface area contributed by atoms with Crippen molar-refractivity contribution >= 4 is 44.2 Å². The summed E-state index contributed by atoms with van der Waals surface area (Å²) < 4.78 is 34.7. The van der Waals surface area contributed by atoms with Gasteiger partial charge in [0.2, 0.25) is 21.8 Å². The first-order chi connectivity index (χ1) is 18.3.